The zero-order valence-electron chi connectivity index (χ0n) is 11.1. The Bertz CT molecular complexity index is 389. The van der Waals surface area contributed by atoms with E-state index in [0.717, 1.165) is 12.0 Å². The Balaban J connectivity index is 2.73. The van der Waals surface area contributed by atoms with Gasteiger partial charge in [0, 0.05) is 17.0 Å². The van der Waals surface area contributed by atoms with E-state index >= 15 is 0 Å². The molecule has 1 aromatic carbocycles. The molecule has 1 rings (SSSR count). The van der Waals surface area contributed by atoms with Crippen molar-refractivity contribution in [1.29, 1.82) is 0 Å². The van der Waals surface area contributed by atoms with Gasteiger partial charge in [-0.05, 0) is 31.0 Å². The lowest BCUT2D eigenvalue weighted by atomic mass is 10.0. The molecule has 0 bridgehead atoms. The molecule has 0 saturated heterocycles. The lowest BCUT2D eigenvalue weighted by Crippen LogP contribution is -2.40. The summed E-state index contributed by atoms with van der Waals surface area (Å²) in [6.45, 7) is 5.72. The van der Waals surface area contributed by atoms with Crippen LogP contribution in [-0.4, -0.2) is 11.9 Å². The standard InChI is InChI=1S/C14H21ClN2O/c1-4-13(11-5-7-12(15)8-6-11)17-14(18)9(2)10(3)16/h5-10,13H,4,16H2,1-3H3,(H,17,18). The van der Waals surface area contributed by atoms with Crippen LogP contribution in [0.4, 0.5) is 0 Å². The second kappa shape index (κ2) is 6.76. The van der Waals surface area contributed by atoms with Gasteiger partial charge in [0.25, 0.3) is 0 Å². The summed E-state index contributed by atoms with van der Waals surface area (Å²) in [6, 6.07) is 7.41. The largest absolute Gasteiger partial charge is 0.349 e. The maximum Gasteiger partial charge on any atom is 0.224 e. The first-order valence-electron chi connectivity index (χ1n) is 6.27. The van der Waals surface area contributed by atoms with E-state index in [1.165, 1.54) is 0 Å². The number of nitrogens with one attached hydrogen (secondary N) is 1. The van der Waals surface area contributed by atoms with Gasteiger partial charge in [0.05, 0.1) is 6.04 Å². The monoisotopic (exact) mass is 268 g/mol. The Hall–Kier alpha value is -1.06. The maximum absolute atomic E-state index is 12.0. The van der Waals surface area contributed by atoms with Crippen LogP contribution in [0.2, 0.25) is 5.02 Å². The van der Waals surface area contributed by atoms with Crippen molar-refractivity contribution in [1.82, 2.24) is 5.32 Å². The average molecular weight is 269 g/mol. The van der Waals surface area contributed by atoms with Gasteiger partial charge in [-0.25, -0.2) is 0 Å². The summed E-state index contributed by atoms with van der Waals surface area (Å²) >= 11 is 5.85. The highest BCUT2D eigenvalue weighted by atomic mass is 35.5. The average Bonchev–Trinajstić information content (AvgIpc) is 2.35. The third kappa shape index (κ3) is 4.00. The van der Waals surface area contributed by atoms with Crippen LogP contribution in [0.3, 0.4) is 0 Å². The molecule has 0 aliphatic rings. The first kappa shape index (κ1) is 15.0. The highest BCUT2D eigenvalue weighted by Gasteiger charge is 2.20. The molecule has 0 spiro atoms. The van der Waals surface area contributed by atoms with Crippen LogP contribution in [0.1, 0.15) is 38.8 Å². The fourth-order valence-electron chi connectivity index (χ4n) is 1.66. The van der Waals surface area contributed by atoms with Crippen LogP contribution in [0.15, 0.2) is 24.3 Å². The van der Waals surface area contributed by atoms with E-state index in [2.05, 4.69) is 5.32 Å². The molecule has 4 heteroatoms. The van der Waals surface area contributed by atoms with E-state index in [0.29, 0.717) is 5.02 Å². The number of amides is 1. The zero-order valence-corrected chi connectivity index (χ0v) is 11.9. The Labute approximate surface area is 114 Å². The molecule has 3 nitrogen and oxygen atoms in total. The number of hydrogen-bond donors (Lipinski definition) is 2. The SMILES string of the molecule is CCC(NC(=O)C(C)C(C)N)c1ccc(Cl)cc1. The molecular formula is C14H21ClN2O. The summed E-state index contributed by atoms with van der Waals surface area (Å²) in [4.78, 5) is 12.0. The molecule has 0 fully saturated rings. The minimum atomic E-state index is -0.189. The van der Waals surface area contributed by atoms with Crippen LogP contribution in [-0.2, 0) is 4.79 Å². The van der Waals surface area contributed by atoms with Gasteiger partial charge >= 0.3 is 0 Å². The number of nitrogens with two attached hydrogens (primary N) is 1. The minimum absolute atomic E-state index is 0.00759. The lowest BCUT2D eigenvalue weighted by molar-refractivity contribution is -0.125. The zero-order chi connectivity index (χ0) is 13.7. The highest BCUT2D eigenvalue weighted by molar-refractivity contribution is 6.30. The quantitative estimate of drug-likeness (QED) is 0.863. The second-order valence-electron chi connectivity index (χ2n) is 4.67. The molecule has 0 saturated carbocycles. The van der Waals surface area contributed by atoms with E-state index in [9.17, 15) is 4.79 Å². The van der Waals surface area contributed by atoms with E-state index in [4.69, 9.17) is 17.3 Å². The van der Waals surface area contributed by atoms with Crippen LogP contribution < -0.4 is 11.1 Å². The Morgan fingerprint density at radius 2 is 1.89 bits per heavy atom. The Morgan fingerprint density at radius 1 is 1.33 bits per heavy atom. The smallest absolute Gasteiger partial charge is 0.224 e. The first-order chi connectivity index (χ1) is 8.45. The van der Waals surface area contributed by atoms with Gasteiger partial charge in [-0.3, -0.25) is 4.79 Å². The third-order valence-corrected chi connectivity index (χ3v) is 3.45. The van der Waals surface area contributed by atoms with Crippen LogP contribution >= 0.6 is 11.6 Å². The highest BCUT2D eigenvalue weighted by Crippen LogP contribution is 2.19. The van der Waals surface area contributed by atoms with E-state index in [1.807, 2.05) is 45.0 Å². The van der Waals surface area contributed by atoms with Crippen molar-refractivity contribution in [2.24, 2.45) is 11.7 Å². The number of carbonyl (C=O) groups is 1. The lowest BCUT2D eigenvalue weighted by Gasteiger charge is -2.22. The normalized spacial score (nSPS) is 15.8. The summed E-state index contributed by atoms with van der Waals surface area (Å²) in [7, 11) is 0. The number of halogens is 1. The summed E-state index contributed by atoms with van der Waals surface area (Å²) in [5.41, 5.74) is 6.80. The molecule has 100 valence electrons. The van der Waals surface area contributed by atoms with Gasteiger partial charge in [0.1, 0.15) is 0 Å². The van der Waals surface area contributed by atoms with Gasteiger partial charge in [0.2, 0.25) is 5.91 Å². The molecule has 18 heavy (non-hydrogen) atoms. The molecule has 3 N–H and O–H groups in total. The van der Waals surface area contributed by atoms with Crippen molar-refractivity contribution < 1.29 is 4.79 Å². The molecule has 1 aromatic rings. The van der Waals surface area contributed by atoms with Gasteiger partial charge in [-0.1, -0.05) is 37.6 Å². The van der Waals surface area contributed by atoms with Gasteiger partial charge in [0.15, 0.2) is 0 Å². The minimum Gasteiger partial charge on any atom is -0.349 e. The molecule has 0 radical (unpaired) electrons. The summed E-state index contributed by atoms with van der Waals surface area (Å²) < 4.78 is 0. The van der Waals surface area contributed by atoms with Crippen LogP contribution in [0, 0.1) is 5.92 Å². The number of hydrogen-bond acceptors (Lipinski definition) is 2. The Kier molecular flexibility index (Phi) is 5.63. The molecule has 0 aromatic heterocycles. The van der Waals surface area contributed by atoms with Crippen molar-refractivity contribution in [2.75, 3.05) is 0 Å². The van der Waals surface area contributed by atoms with Crippen molar-refractivity contribution in [3.63, 3.8) is 0 Å². The molecule has 3 atom stereocenters. The van der Waals surface area contributed by atoms with Gasteiger partial charge in [-0.2, -0.15) is 0 Å². The summed E-state index contributed by atoms with van der Waals surface area (Å²) in [5, 5.41) is 3.72. The fraction of sp³-hybridized carbons (Fsp3) is 0.500. The number of rotatable bonds is 5. The number of carbonyl (C=O) groups excluding carboxylic acids is 1. The van der Waals surface area contributed by atoms with Crippen LogP contribution in [0.25, 0.3) is 0 Å². The first-order valence-corrected chi connectivity index (χ1v) is 6.65. The topological polar surface area (TPSA) is 55.1 Å². The third-order valence-electron chi connectivity index (χ3n) is 3.20. The molecule has 0 aliphatic carbocycles. The molecule has 0 aliphatic heterocycles. The molecule has 1 amide bonds. The Morgan fingerprint density at radius 3 is 2.33 bits per heavy atom. The second-order valence-corrected chi connectivity index (χ2v) is 5.11. The summed E-state index contributed by atoms with van der Waals surface area (Å²) in [6.07, 6.45) is 0.832. The van der Waals surface area contributed by atoms with E-state index in [1.54, 1.807) is 0 Å². The molecule has 0 heterocycles. The van der Waals surface area contributed by atoms with Crippen molar-refractivity contribution in [3.8, 4) is 0 Å². The van der Waals surface area contributed by atoms with Crippen LogP contribution in [0.5, 0.6) is 0 Å². The predicted octanol–water partition coefficient (Wildman–Crippen LogP) is 2.89. The maximum atomic E-state index is 12.0. The van der Waals surface area contributed by atoms with Crippen molar-refractivity contribution in [3.05, 3.63) is 34.9 Å². The van der Waals surface area contributed by atoms with Crippen molar-refractivity contribution in [2.45, 2.75) is 39.3 Å². The fourth-order valence-corrected chi connectivity index (χ4v) is 1.78. The molecular weight excluding hydrogens is 248 g/mol. The van der Waals surface area contributed by atoms with Crippen molar-refractivity contribution >= 4 is 17.5 Å². The predicted molar refractivity (Wildman–Crippen MR) is 75.4 cm³/mol. The van der Waals surface area contributed by atoms with Gasteiger partial charge in [-0.15, -0.1) is 0 Å². The summed E-state index contributed by atoms with van der Waals surface area (Å²) in [5.74, 6) is -0.196. The molecule has 3 unspecified atom stereocenters. The van der Waals surface area contributed by atoms with E-state index in [-0.39, 0.29) is 23.9 Å². The van der Waals surface area contributed by atoms with E-state index < -0.39 is 0 Å². The number of benzene rings is 1. The van der Waals surface area contributed by atoms with Gasteiger partial charge < -0.3 is 11.1 Å².